The molecule has 6 aromatic carbocycles. The third-order valence-electron chi connectivity index (χ3n) is 7.34. The van der Waals surface area contributed by atoms with E-state index in [4.69, 9.17) is 0 Å². The molecule has 0 atom stereocenters. The number of hydrogen-bond donors (Lipinski definition) is 0. The normalized spacial score (nSPS) is 11.9. The van der Waals surface area contributed by atoms with Crippen molar-refractivity contribution < 1.29 is 0 Å². The molecule has 0 aliphatic carbocycles. The van der Waals surface area contributed by atoms with Crippen molar-refractivity contribution in [1.29, 1.82) is 0 Å². The summed E-state index contributed by atoms with van der Waals surface area (Å²) in [5.41, 5.74) is 5.24. The van der Waals surface area contributed by atoms with E-state index in [0.29, 0.717) is 0 Å². The van der Waals surface area contributed by atoms with Gasteiger partial charge in [-0.15, -0.1) is 22.7 Å². The van der Waals surface area contributed by atoms with Gasteiger partial charge in [0.2, 0.25) is 0 Å². The summed E-state index contributed by atoms with van der Waals surface area (Å²) in [4.78, 5) is 0. The van der Waals surface area contributed by atoms with Crippen LogP contribution in [0.3, 0.4) is 0 Å². The van der Waals surface area contributed by atoms with Gasteiger partial charge in [-0.3, -0.25) is 0 Å². The Kier molecular flexibility index (Phi) is 4.36. The number of hydrogen-bond acceptors (Lipinski definition) is 2. The Labute approximate surface area is 216 Å². The Morgan fingerprint density at radius 2 is 1.03 bits per heavy atom. The fourth-order valence-electron chi connectivity index (χ4n) is 5.87. The molecular formula is C34H20S2. The highest BCUT2D eigenvalue weighted by Gasteiger charge is 2.20. The summed E-state index contributed by atoms with van der Waals surface area (Å²) in [6.45, 7) is 0. The lowest BCUT2D eigenvalue weighted by molar-refractivity contribution is 1.67. The summed E-state index contributed by atoms with van der Waals surface area (Å²) in [6.07, 6.45) is 0. The van der Waals surface area contributed by atoms with Crippen LogP contribution in [0, 0.1) is 0 Å². The van der Waals surface area contributed by atoms with Crippen molar-refractivity contribution >= 4 is 74.5 Å². The van der Waals surface area contributed by atoms with Gasteiger partial charge in [-0.05, 0) is 67.4 Å². The zero-order valence-corrected chi connectivity index (χ0v) is 21.0. The first-order chi connectivity index (χ1) is 17.9. The topological polar surface area (TPSA) is 0 Å². The van der Waals surface area contributed by atoms with E-state index in [2.05, 4.69) is 121 Å². The van der Waals surface area contributed by atoms with Gasteiger partial charge in [-0.2, -0.15) is 0 Å². The summed E-state index contributed by atoms with van der Waals surface area (Å²) in [7, 11) is 0. The first kappa shape index (κ1) is 20.2. The van der Waals surface area contributed by atoms with Crippen LogP contribution in [0.4, 0.5) is 0 Å². The van der Waals surface area contributed by atoms with Crippen molar-refractivity contribution in [3.8, 4) is 22.3 Å². The summed E-state index contributed by atoms with van der Waals surface area (Å²) in [5, 5.41) is 11.6. The van der Waals surface area contributed by atoms with Crippen LogP contribution in [-0.2, 0) is 0 Å². The van der Waals surface area contributed by atoms with Crippen LogP contribution in [0.5, 0.6) is 0 Å². The fraction of sp³-hybridized carbons (Fsp3) is 0. The molecule has 0 radical (unpaired) electrons. The number of thiophene rings is 2. The second-order valence-electron chi connectivity index (χ2n) is 9.27. The summed E-state index contributed by atoms with van der Waals surface area (Å²) in [6, 6.07) is 42.3. The Hall–Kier alpha value is -3.98. The van der Waals surface area contributed by atoms with E-state index in [9.17, 15) is 0 Å². The molecule has 0 aliphatic heterocycles. The van der Waals surface area contributed by atoms with Crippen LogP contribution in [0.15, 0.2) is 121 Å². The quantitative estimate of drug-likeness (QED) is 0.211. The SMILES string of the molecule is c1ccc(-c2c3ccccc3c(-c3cc4sc5ccccc5c4c4sccc34)c3ccccc23)cc1. The second-order valence-corrected chi connectivity index (χ2v) is 11.3. The van der Waals surface area contributed by atoms with Gasteiger partial charge in [0.1, 0.15) is 0 Å². The molecule has 0 saturated heterocycles. The minimum absolute atomic E-state index is 1.26. The molecule has 2 heterocycles. The maximum atomic E-state index is 2.45. The van der Waals surface area contributed by atoms with Crippen LogP contribution in [0.25, 0.3) is 74.1 Å². The van der Waals surface area contributed by atoms with Gasteiger partial charge < -0.3 is 0 Å². The summed E-state index contributed by atoms with van der Waals surface area (Å²) >= 11 is 3.77. The molecule has 0 aliphatic rings. The van der Waals surface area contributed by atoms with Gasteiger partial charge in [0.25, 0.3) is 0 Å². The van der Waals surface area contributed by atoms with Crippen molar-refractivity contribution in [3.63, 3.8) is 0 Å². The number of fused-ring (bicyclic) bond motifs is 7. The van der Waals surface area contributed by atoms with Gasteiger partial charge in [0, 0.05) is 30.3 Å². The minimum Gasteiger partial charge on any atom is -0.143 e. The van der Waals surface area contributed by atoms with Crippen molar-refractivity contribution in [2.45, 2.75) is 0 Å². The summed E-state index contributed by atoms with van der Waals surface area (Å²) < 4.78 is 4.11. The van der Waals surface area contributed by atoms with Gasteiger partial charge in [-0.25, -0.2) is 0 Å². The van der Waals surface area contributed by atoms with Crippen LogP contribution in [0.2, 0.25) is 0 Å². The Morgan fingerprint density at radius 1 is 0.444 bits per heavy atom. The predicted octanol–water partition coefficient (Wildman–Crippen LogP) is 10.9. The molecular weight excluding hydrogens is 473 g/mol. The molecule has 8 aromatic rings. The molecule has 0 nitrogen and oxygen atoms in total. The van der Waals surface area contributed by atoms with E-state index in [-0.39, 0.29) is 0 Å². The highest BCUT2D eigenvalue weighted by Crippen LogP contribution is 2.49. The minimum atomic E-state index is 1.26. The van der Waals surface area contributed by atoms with E-state index in [1.807, 2.05) is 22.7 Å². The molecule has 36 heavy (non-hydrogen) atoms. The fourth-order valence-corrected chi connectivity index (χ4v) is 8.07. The highest BCUT2D eigenvalue weighted by molar-refractivity contribution is 7.27. The van der Waals surface area contributed by atoms with Crippen LogP contribution in [-0.4, -0.2) is 0 Å². The third-order valence-corrected chi connectivity index (χ3v) is 9.39. The van der Waals surface area contributed by atoms with Crippen molar-refractivity contribution in [1.82, 2.24) is 0 Å². The Bertz CT molecular complexity index is 2030. The molecule has 0 unspecified atom stereocenters. The van der Waals surface area contributed by atoms with E-state index in [0.717, 1.165) is 0 Å². The Balaban J connectivity index is 1.58. The molecule has 0 saturated carbocycles. The molecule has 168 valence electrons. The van der Waals surface area contributed by atoms with E-state index in [1.165, 1.54) is 74.1 Å². The first-order valence-electron chi connectivity index (χ1n) is 12.2. The monoisotopic (exact) mass is 492 g/mol. The predicted molar refractivity (Wildman–Crippen MR) is 161 cm³/mol. The summed E-state index contributed by atoms with van der Waals surface area (Å²) in [5.74, 6) is 0. The van der Waals surface area contributed by atoms with Gasteiger partial charge in [0.15, 0.2) is 0 Å². The molecule has 0 bridgehead atoms. The average molecular weight is 493 g/mol. The zero-order valence-electron chi connectivity index (χ0n) is 19.4. The standard InChI is InChI=1S/C34H20S2/c1-2-10-21(11-3-1)31-22-12-4-6-14-24(22)32(25-15-7-5-13-23(25)31)28-20-30-33(34-26(28)18-19-35-34)27-16-8-9-17-29(27)36-30/h1-20H. The van der Waals surface area contributed by atoms with Gasteiger partial charge in [0.05, 0.1) is 0 Å². The van der Waals surface area contributed by atoms with Crippen molar-refractivity contribution in [2.24, 2.45) is 0 Å². The average Bonchev–Trinajstić information content (AvgIpc) is 3.56. The molecule has 0 amide bonds. The number of rotatable bonds is 2. The molecule has 0 N–H and O–H groups in total. The third kappa shape index (κ3) is 2.80. The smallest absolute Gasteiger partial charge is 0.0442 e. The van der Waals surface area contributed by atoms with Crippen molar-refractivity contribution in [3.05, 3.63) is 121 Å². The van der Waals surface area contributed by atoms with Gasteiger partial charge in [-0.1, -0.05) is 97.1 Å². The lowest BCUT2D eigenvalue weighted by Crippen LogP contribution is -1.91. The molecule has 0 spiro atoms. The largest absolute Gasteiger partial charge is 0.143 e. The van der Waals surface area contributed by atoms with E-state index in [1.54, 1.807) is 0 Å². The molecule has 2 aromatic heterocycles. The van der Waals surface area contributed by atoms with Crippen LogP contribution < -0.4 is 0 Å². The highest BCUT2D eigenvalue weighted by atomic mass is 32.1. The lowest BCUT2D eigenvalue weighted by Gasteiger charge is -2.18. The number of benzene rings is 6. The van der Waals surface area contributed by atoms with Crippen molar-refractivity contribution in [2.75, 3.05) is 0 Å². The second kappa shape index (κ2) is 7.76. The zero-order chi connectivity index (χ0) is 23.6. The Morgan fingerprint density at radius 3 is 1.72 bits per heavy atom. The maximum absolute atomic E-state index is 2.45. The van der Waals surface area contributed by atoms with E-state index < -0.39 is 0 Å². The molecule has 8 rings (SSSR count). The lowest BCUT2D eigenvalue weighted by atomic mass is 9.85. The van der Waals surface area contributed by atoms with Crippen LogP contribution >= 0.6 is 22.7 Å². The van der Waals surface area contributed by atoms with Gasteiger partial charge >= 0.3 is 0 Å². The maximum Gasteiger partial charge on any atom is 0.0442 e. The van der Waals surface area contributed by atoms with Crippen LogP contribution in [0.1, 0.15) is 0 Å². The molecule has 0 fully saturated rings. The van der Waals surface area contributed by atoms with E-state index >= 15 is 0 Å². The molecule has 2 heteroatoms. The first-order valence-corrected chi connectivity index (χ1v) is 13.9.